The number of ether oxygens (including phenoxy) is 3. The first-order valence-corrected chi connectivity index (χ1v) is 4.68. The quantitative estimate of drug-likeness (QED) is 0.472. The Kier molecular flexibility index (Phi) is 2.48. The Hall–Kier alpha value is -1.36. The number of carbonyl (C=O) groups is 2. The molecule has 0 aromatic rings. The SMILES string of the molecule is COC(=O)[C@@H]1[C@@H](C(=O)OC)[C@@H]2C=C[C@@H]1O2. The van der Waals surface area contributed by atoms with Crippen molar-refractivity contribution < 1.29 is 23.8 Å². The molecule has 0 N–H and O–H groups in total. The molecular weight excluding hydrogens is 200 g/mol. The van der Waals surface area contributed by atoms with Crippen molar-refractivity contribution in [1.82, 2.24) is 0 Å². The number of carbonyl (C=O) groups excluding carboxylic acids is 2. The van der Waals surface area contributed by atoms with Gasteiger partial charge in [0.1, 0.15) is 11.8 Å². The summed E-state index contributed by atoms with van der Waals surface area (Å²) in [6, 6.07) is 0. The fourth-order valence-corrected chi connectivity index (χ4v) is 2.14. The average molecular weight is 212 g/mol. The Bertz CT molecular complexity index is 292. The van der Waals surface area contributed by atoms with E-state index < -0.39 is 23.8 Å². The van der Waals surface area contributed by atoms with Gasteiger partial charge in [0.05, 0.1) is 26.4 Å². The molecule has 0 radical (unpaired) electrons. The molecule has 2 aliphatic rings. The summed E-state index contributed by atoms with van der Waals surface area (Å²) >= 11 is 0. The molecular formula is C10H12O5. The second-order valence-electron chi connectivity index (χ2n) is 3.55. The van der Waals surface area contributed by atoms with Gasteiger partial charge in [-0.15, -0.1) is 0 Å². The molecule has 0 aromatic heterocycles. The van der Waals surface area contributed by atoms with E-state index in [1.165, 1.54) is 14.2 Å². The highest BCUT2D eigenvalue weighted by atomic mass is 16.6. The fourth-order valence-electron chi connectivity index (χ4n) is 2.14. The first-order chi connectivity index (χ1) is 7.19. The Morgan fingerprint density at radius 2 is 1.40 bits per heavy atom. The number of esters is 2. The van der Waals surface area contributed by atoms with Crippen molar-refractivity contribution in [3.05, 3.63) is 12.2 Å². The zero-order chi connectivity index (χ0) is 11.0. The lowest BCUT2D eigenvalue weighted by Crippen LogP contribution is -2.37. The van der Waals surface area contributed by atoms with E-state index in [-0.39, 0.29) is 12.2 Å². The first-order valence-electron chi connectivity index (χ1n) is 4.68. The van der Waals surface area contributed by atoms with Gasteiger partial charge in [-0.05, 0) is 0 Å². The first kappa shape index (κ1) is 10.2. The predicted octanol–water partition coefficient (Wildman–Crippen LogP) is -0.0980. The maximum atomic E-state index is 11.5. The van der Waals surface area contributed by atoms with E-state index in [0.29, 0.717) is 0 Å². The van der Waals surface area contributed by atoms with Crippen LogP contribution in [-0.4, -0.2) is 38.4 Å². The molecule has 2 aliphatic heterocycles. The summed E-state index contributed by atoms with van der Waals surface area (Å²) in [7, 11) is 2.60. The van der Waals surface area contributed by atoms with Crippen LogP contribution in [0.4, 0.5) is 0 Å². The van der Waals surface area contributed by atoms with E-state index in [1.54, 1.807) is 12.2 Å². The maximum Gasteiger partial charge on any atom is 0.312 e. The molecule has 15 heavy (non-hydrogen) atoms. The monoisotopic (exact) mass is 212 g/mol. The van der Waals surface area contributed by atoms with Gasteiger partial charge in [-0.2, -0.15) is 0 Å². The van der Waals surface area contributed by atoms with Crippen molar-refractivity contribution in [2.75, 3.05) is 14.2 Å². The number of hydrogen-bond acceptors (Lipinski definition) is 5. The van der Waals surface area contributed by atoms with E-state index in [9.17, 15) is 9.59 Å². The molecule has 1 saturated heterocycles. The van der Waals surface area contributed by atoms with Crippen LogP contribution in [0.5, 0.6) is 0 Å². The molecule has 1 fully saturated rings. The van der Waals surface area contributed by atoms with Crippen molar-refractivity contribution in [2.24, 2.45) is 11.8 Å². The van der Waals surface area contributed by atoms with E-state index >= 15 is 0 Å². The van der Waals surface area contributed by atoms with Crippen molar-refractivity contribution in [3.63, 3.8) is 0 Å². The molecule has 0 saturated carbocycles. The van der Waals surface area contributed by atoms with E-state index in [0.717, 1.165) is 0 Å². The highest BCUT2D eigenvalue weighted by molar-refractivity contribution is 5.84. The lowest BCUT2D eigenvalue weighted by Gasteiger charge is -2.20. The van der Waals surface area contributed by atoms with Gasteiger partial charge in [-0.25, -0.2) is 0 Å². The third kappa shape index (κ3) is 1.43. The summed E-state index contributed by atoms with van der Waals surface area (Å²) in [6.45, 7) is 0. The van der Waals surface area contributed by atoms with Crippen LogP contribution in [0.15, 0.2) is 12.2 Å². The number of rotatable bonds is 2. The Labute approximate surface area is 87.0 Å². The van der Waals surface area contributed by atoms with Crippen LogP contribution in [0.2, 0.25) is 0 Å². The molecule has 0 aliphatic carbocycles. The molecule has 4 atom stereocenters. The summed E-state index contributed by atoms with van der Waals surface area (Å²) in [5, 5.41) is 0. The molecule has 5 heteroatoms. The Morgan fingerprint density at radius 3 is 1.73 bits per heavy atom. The summed E-state index contributed by atoms with van der Waals surface area (Å²) < 4.78 is 14.7. The molecule has 2 rings (SSSR count). The van der Waals surface area contributed by atoms with Crippen molar-refractivity contribution in [1.29, 1.82) is 0 Å². The second kappa shape index (κ2) is 3.66. The third-order valence-electron chi connectivity index (χ3n) is 2.85. The third-order valence-corrected chi connectivity index (χ3v) is 2.85. The Morgan fingerprint density at radius 1 is 1.00 bits per heavy atom. The molecule has 2 bridgehead atoms. The van der Waals surface area contributed by atoms with E-state index in [1.807, 2.05) is 0 Å². The lowest BCUT2D eigenvalue weighted by molar-refractivity contribution is -0.156. The van der Waals surface area contributed by atoms with Gasteiger partial charge in [0.15, 0.2) is 0 Å². The van der Waals surface area contributed by atoms with E-state index in [2.05, 4.69) is 9.47 Å². The van der Waals surface area contributed by atoms with Crippen LogP contribution in [0.3, 0.4) is 0 Å². The summed E-state index contributed by atoms with van der Waals surface area (Å²) in [5.41, 5.74) is 0. The van der Waals surface area contributed by atoms with Crippen molar-refractivity contribution in [3.8, 4) is 0 Å². The van der Waals surface area contributed by atoms with Crippen molar-refractivity contribution >= 4 is 11.9 Å². The zero-order valence-corrected chi connectivity index (χ0v) is 8.51. The minimum absolute atomic E-state index is 0.355. The normalized spacial score (nSPS) is 36.7. The van der Waals surface area contributed by atoms with Crippen LogP contribution in [0.25, 0.3) is 0 Å². The van der Waals surface area contributed by atoms with Gasteiger partial charge in [-0.1, -0.05) is 12.2 Å². The van der Waals surface area contributed by atoms with Gasteiger partial charge in [0, 0.05) is 0 Å². The summed E-state index contributed by atoms with van der Waals surface area (Å²) in [6.07, 6.45) is 2.86. The molecule has 0 unspecified atom stereocenters. The van der Waals surface area contributed by atoms with Gasteiger partial charge in [0.2, 0.25) is 0 Å². The number of methoxy groups -OCH3 is 2. The number of fused-ring (bicyclic) bond motifs is 2. The molecule has 82 valence electrons. The topological polar surface area (TPSA) is 61.8 Å². The summed E-state index contributed by atoms with van der Waals surface area (Å²) in [5.74, 6) is -2.00. The molecule has 0 aromatic carbocycles. The minimum Gasteiger partial charge on any atom is -0.469 e. The summed E-state index contributed by atoms with van der Waals surface area (Å²) in [4.78, 5) is 23.0. The van der Waals surface area contributed by atoms with Gasteiger partial charge >= 0.3 is 11.9 Å². The second-order valence-corrected chi connectivity index (χ2v) is 3.55. The largest absolute Gasteiger partial charge is 0.469 e. The van der Waals surface area contributed by atoms with Crippen LogP contribution in [-0.2, 0) is 23.8 Å². The highest BCUT2D eigenvalue weighted by Gasteiger charge is 2.54. The molecule has 0 spiro atoms. The van der Waals surface area contributed by atoms with Crippen LogP contribution in [0, 0.1) is 11.8 Å². The van der Waals surface area contributed by atoms with Crippen molar-refractivity contribution in [2.45, 2.75) is 12.2 Å². The molecule has 2 heterocycles. The Balaban J connectivity index is 2.24. The standard InChI is InChI=1S/C10H12O5/c1-13-9(11)7-5-3-4-6(15-5)8(7)10(12)14-2/h3-8H,1-2H3/t5-,6-,7-,8-/m0/s1. The minimum atomic E-state index is -0.572. The average Bonchev–Trinajstić information content (AvgIpc) is 2.86. The zero-order valence-electron chi connectivity index (χ0n) is 8.51. The fraction of sp³-hybridized carbons (Fsp3) is 0.600. The van der Waals surface area contributed by atoms with Gasteiger partial charge in [0.25, 0.3) is 0 Å². The van der Waals surface area contributed by atoms with E-state index in [4.69, 9.17) is 4.74 Å². The van der Waals surface area contributed by atoms with Gasteiger partial charge in [-0.3, -0.25) is 9.59 Å². The van der Waals surface area contributed by atoms with Gasteiger partial charge < -0.3 is 14.2 Å². The highest BCUT2D eigenvalue weighted by Crippen LogP contribution is 2.40. The lowest BCUT2D eigenvalue weighted by atomic mass is 9.83. The smallest absolute Gasteiger partial charge is 0.312 e. The van der Waals surface area contributed by atoms with Crippen LogP contribution in [0.1, 0.15) is 0 Å². The number of hydrogen-bond donors (Lipinski definition) is 0. The van der Waals surface area contributed by atoms with Crippen LogP contribution >= 0.6 is 0 Å². The molecule has 5 nitrogen and oxygen atoms in total. The van der Waals surface area contributed by atoms with Crippen LogP contribution < -0.4 is 0 Å². The maximum absolute atomic E-state index is 11.5. The molecule has 0 amide bonds. The predicted molar refractivity (Wildman–Crippen MR) is 48.8 cm³/mol.